The average molecular weight is 317 g/mol. The molecular weight excluding hydrogens is 298 g/mol. The highest BCUT2D eigenvalue weighted by Gasteiger charge is 2.23. The summed E-state index contributed by atoms with van der Waals surface area (Å²) in [6.45, 7) is 0.603. The highest BCUT2D eigenvalue weighted by molar-refractivity contribution is 7.90. The van der Waals surface area contributed by atoms with Gasteiger partial charge in [-0.15, -0.1) is 0 Å². The molecule has 1 unspecified atom stereocenters. The molecule has 20 heavy (non-hydrogen) atoms. The first-order valence-electron chi connectivity index (χ1n) is 6.71. The molecule has 0 radical (unpaired) electrons. The van der Waals surface area contributed by atoms with Crippen LogP contribution in [-0.4, -0.2) is 32.8 Å². The van der Waals surface area contributed by atoms with Crippen LogP contribution in [0.4, 0.5) is 0 Å². The molecule has 1 aromatic heterocycles. The average Bonchev–Trinajstić information content (AvgIpc) is 2.89. The zero-order valence-electron chi connectivity index (χ0n) is 11.2. The molecule has 1 amide bonds. The fourth-order valence-electron chi connectivity index (χ4n) is 2.14. The fraction of sp³-hybridized carbons (Fsp3) is 0.615. The van der Waals surface area contributed by atoms with Gasteiger partial charge in [0.15, 0.2) is 0 Å². The number of nitrogens with one attached hydrogen (secondary N) is 1. The Morgan fingerprint density at radius 1 is 1.45 bits per heavy atom. The first-order chi connectivity index (χ1) is 9.55. The number of ether oxygens (including phenoxy) is 1. The van der Waals surface area contributed by atoms with Crippen LogP contribution < -0.4 is 4.72 Å². The van der Waals surface area contributed by atoms with Gasteiger partial charge in [0.2, 0.25) is 15.9 Å². The maximum absolute atomic E-state index is 11.9. The molecule has 2 rings (SSSR count). The Hall–Kier alpha value is -0.920. The van der Waals surface area contributed by atoms with Gasteiger partial charge in [-0.1, -0.05) is 0 Å². The van der Waals surface area contributed by atoms with Crippen LogP contribution in [0.3, 0.4) is 0 Å². The number of thiophene rings is 1. The largest absolute Gasteiger partial charge is 0.377 e. The second kappa shape index (κ2) is 7.19. The predicted molar refractivity (Wildman–Crippen MR) is 78.2 cm³/mol. The summed E-state index contributed by atoms with van der Waals surface area (Å²) >= 11 is 1.56. The monoisotopic (exact) mass is 317 g/mol. The molecular formula is C13H19NO4S2. The van der Waals surface area contributed by atoms with Gasteiger partial charge in [-0.3, -0.25) is 9.52 Å². The molecule has 0 spiro atoms. The van der Waals surface area contributed by atoms with Crippen molar-refractivity contribution in [2.24, 2.45) is 0 Å². The second-order valence-corrected chi connectivity index (χ2v) is 7.47. The first-order valence-corrected chi connectivity index (χ1v) is 9.31. The van der Waals surface area contributed by atoms with Gasteiger partial charge in [0.05, 0.1) is 11.9 Å². The number of hydrogen-bond acceptors (Lipinski definition) is 5. The Bertz CT molecular complexity index is 519. The molecule has 7 heteroatoms. The van der Waals surface area contributed by atoms with Crippen molar-refractivity contribution in [1.82, 2.24) is 4.72 Å². The Labute approximate surface area is 123 Å². The number of carbonyl (C=O) groups excluding carboxylic acids is 1. The Morgan fingerprint density at radius 3 is 2.95 bits per heavy atom. The molecule has 0 saturated carbocycles. The number of rotatable bonds is 6. The summed E-state index contributed by atoms with van der Waals surface area (Å²) in [4.78, 5) is 11.7. The second-order valence-electron chi connectivity index (χ2n) is 4.93. The van der Waals surface area contributed by atoms with Crippen molar-refractivity contribution in [3.05, 3.63) is 22.4 Å². The molecule has 0 bridgehead atoms. The summed E-state index contributed by atoms with van der Waals surface area (Å²) in [5.41, 5.74) is 1.05. The van der Waals surface area contributed by atoms with E-state index in [2.05, 4.69) is 4.72 Å². The molecule has 1 fully saturated rings. The van der Waals surface area contributed by atoms with Crippen LogP contribution in [0.1, 0.15) is 31.2 Å². The van der Waals surface area contributed by atoms with E-state index in [9.17, 15) is 13.2 Å². The number of carbonyl (C=O) groups is 1. The molecule has 1 atom stereocenters. The minimum atomic E-state index is -3.59. The summed E-state index contributed by atoms with van der Waals surface area (Å²) in [6, 6.07) is 1.93. The summed E-state index contributed by atoms with van der Waals surface area (Å²) in [7, 11) is -3.59. The standard InChI is InChI=1S/C13H19NO4S2/c15-13(5-4-11-6-8-19-9-11)14-20(16,17)10-12-3-1-2-7-18-12/h6,8-9,12H,1-5,7,10H2,(H,14,15). The molecule has 0 aliphatic carbocycles. The summed E-state index contributed by atoms with van der Waals surface area (Å²) in [6.07, 6.45) is 3.15. The van der Waals surface area contributed by atoms with Gasteiger partial charge in [-0.25, -0.2) is 8.42 Å². The van der Waals surface area contributed by atoms with E-state index in [-0.39, 0.29) is 18.3 Å². The van der Waals surface area contributed by atoms with Gasteiger partial charge in [-0.05, 0) is 48.1 Å². The summed E-state index contributed by atoms with van der Waals surface area (Å²) in [5, 5.41) is 3.89. The fourth-order valence-corrected chi connectivity index (χ4v) is 4.13. The highest BCUT2D eigenvalue weighted by Crippen LogP contribution is 2.14. The maximum Gasteiger partial charge on any atom is 0.237 e. The van der Waals surface area contributed by atoms with Crippen molar-refractivity contribution in [2.45, 2.75) is 38.2 Å². The van der Waals surface area contributed by atoms with Crippen molar-refractivity contribution in [1.29, 1.82) is 0 Å². The van der Waals surface area contributed by atoms with E-state index >= 15 is 0 Å². The zero-order valence-corrected chi connectivity index (χ0v) is 12.8. The first kappa shape index (κ1) is 15.5. The van der Waals surface area contributed by atoms with E-state index in [1.54, 1.807) is 11.3 Å². The summed E-state index contributed by atoms with van der Waals surface area (Å²) < 4.78 is 31.2. The van der Waals surface area contributed by atoms with Crippen LogP contribution >= 0.6 is 11.3 Å². The van der Waals surface area contributed by atoms with E-state index in [0.717, 1.165) is 24.8 Å². The van der Waals surface area contributed by atoms with Crippen LogP contribution in [0.15, 0.2) is 16.8 Å². The lowest BCUT2D eigenvalue weighted by atomic mass is 10.1. The highest BCUT2D eigenvalue weighted by atomic mass is 32.2. The SMILES string of the molecule is O=C(CCc1ccsc1)NS(=O)(=O)CC1CCCCO1. The smallest absolute Gasteiger partial charge is 0.237 e. The van der Waals surface area contributed by atoms with Crippen LogP contribution in [0.5, 0.6) is 0 Å². The Kier molecular flexibility index (Phi) is 5.56. The molecule has 2 heterocycles. The normalized spacial score (nSPS) is 19.7. The van der Waals surface area contributed by atoms with Crippen LogP contribution in [0.25, 0.3) is 0 Å². The lowest BCUT2D eigenvalue weighted by molar-refractivity contribution is -0.119. The van der Waals surface area contributed by atoms with Gasteiger partial charge in [0.1, 0.15) is 0 Å². The van der Waals surface area contributed by atoms with Crippen molar-refractivity contribution < 1.29 is 17.9 Å². The van der Waals surface area contributed by atoms with Gasteiger partial charge in [0.25, 0.3) is 0 Å². The van der Waals surface area contributed by atoms with Crippen LogP contribution in [0.2, 0.25) is 0 Å². The van der Waals surface area contributed by atoms with E-state index in [1.807, 2.05) is 16.8 Å². The van der Waals surface area contributed by atoms with Crippen molar-refractivity contribution in [3.8, 4) is 0 Å². The van der Waals surface area contributed by atoms with E-state index in [0.29, 0.717) is 13.0 Å². The number of aryl methyl sites for hydroxylation is 1. The molecule has 0 aromatic carbocycles. The van der Waals surface area contributed by atoms with Gasteiger partial charge < -0.3 is 4.74 Å². The topological polar surface area (TPSA) is 72.5 Å². The molecule has 1 N–H and O–H groups in total. The minimum absolute atomic E-state index is 0.128. The number of hydrogen-bond donors (Lipinski definition) is 1. The lowest BCUT2D eigenvalue weighted by Crippen LogP contribution is -2.38. The number of amides is 1. The third-order valence-corrected chi connectivity index (χ3v) is 5.25. The lowest BCUT2D eigenvalue weighted by Gasteiger charge is -2.22. The Morgan fingerprint density at radius 2 is 2.30 bits per heavy atom. The van der Waals surface area contributed by atoms with E-state index in [4.69, 9.17) is 4.74 Å². The zero-order chi connectivity index (χ0) is 14.4. The van der Waals surface area contributed by atoms with E-state index in [1.165, 1.54) is 0 Å². The molecule has 112 valence electrons. The third kappa shape index (κ3) is 5.22. The molecule has 1 aliphatic rings. The quantitative estimate of drug-likeness (QED) is 0.867. The summed E-state index contributed by atoms with van der Waals surface area (Å²) in [5.74, 6) is -0.580. The third-order valence-electron chi connectivity index (χ3n) is 3.17. The van der Waals surface area contributed by atoms with E-state index < -0.39 is 15.9 Å². The maximum atomic E-state index is 11.9. The van der Waals surface area contributed by atoms with Crippen molar-refractivity contribution in [3.63, 3.8) is 0 Å². The van der Waals surface area contributed by atoms with Crippen LogP contribution in [-0.2, 0) is 26.0 Å². The van der Waals surface area contributed by atoms with Crippen LogP contribution in [0, 0.1) is 0 Å². The van der Waals surface area contributed by atoms with Gasteiger partial charge >= 0.3 is 0 Å². The molecule has 1 saturated heterocycles. The molecule has 1 aromatic rings. The van der Waals surface area contributed by atoms with Crippen molar-refractivity contribution in [2.75, 3.05) is 12.4 Å². The van der Waals surface area contributed by atoms with Gasteiger partial charge in [-0.2, -0.15) is 11.3 Å². The van der Waals surface area contributed by atoms with Crippen molar-refractivity contribution >= 4 is 27.3 Å². The Balaban J connectivity index is 1.76. The number of sulfonamides is 1. The minimum Gasteiger partial charge on any atom is -0.377 e. The molecule has 1 aliphatic heterocycles. The molecule has 5 nitrogen and oxygen atoms in total. The predicted octanol–water partition coefficient (Wildman–Crippen LogP) is 1.70. The van der Waals surface area contributed by atoms with Gasteiger partial charge in [0, 0.05) is 13.0 Å².